The van der Waals surface area contributed by atoms with Crippen LogP contribution in [0.15, 0.2) is 61.2 Å². The molecule has 2 heteroatoms. The Morgan fingerprint density at radius 2 is 1.57 bits per heavy atom. The van der Waals surface area contributed by atoms with Gasteiger partial charge in [0.15, 0.2) is 0 Å². The van der Waals surface area contributed by atoms with Gasteiger partial charge in [0.25, 0.3) is 0 Å². The van der Waals surface area contributed by atoms with Crippen molar-refractivity contribution in [2.45, 2.75) is 0 Å². The topological polar surface area (TPSA) is 28.5 Å². The van der Waals surface area contributed by atoms with Crippen LogP contribution in [0.25, 0.3) is 6.08 Å². The first-order valence-corrected chi connectivity index (χ1v) is 3.94. The number of benzene rings is 1. The van der Waals surface area contributed by atoms with Gasteiger partial charge in [-0.05, 0) is 5.56 Å². The van der Waals surface area contributed by atoms with Crippen molar-refractivity contribution in [2.75, 3.05) is 0 Å². The van der Waals surface area contributed by atoms with E-state index < -0.39 is 0 Å². The molecule has 0 heterocycles. The molecule has 0 fully saturated rings. The Morgan fingerprint density at radius 1 is 0.929 bits per heavy atom. The summed E-state index contributed by atoms with van der Waals surface area (Å²) in [7, 11) is 0. The van der Waals surface area contributed by atoms with Crippen LogP contribution in [0, 0.1) is 0 Å². The summed E-state index contributed by atoms with van der Waals surface area (Å²) in [6.07, 6.45) is 9.67. The van der Waals surface area contributed by atoms with Crippen LogP contribution in [-0.2, 0) is 25.0 Å². The summed E-state index contributed by atoms with van der Waals surface area (Å²) < 4.78 is 0. The molecule has 1 aromatic carbocycles. The van der Waals surface area contributed by atoms with Gasteiger partial charge in [0, 0.05) is 0 Å². The average molecular weight is 238 g/mol. The first-order chi connectivity index (χ1) is 5.93. The van der Waals surface area contributed by atoms with Crippen molar-refractivity contribution in [3.63, 3.8) is 0 Å². The molecule has 68 valence electrons. The van der Waals surface area contributed by atoms with Crippen LogP contribution in [0.5, 0.6) is 0 Å². The van der Waals surface area contributed by atoms with Crippen molar-refractivity contribution in [3.05, 3.63) is 66.8 Å². The maximum atomic E-state index is 3.58. The van der Waals surface area contributed by atoms with Gasteiger partial charge < -0.3 is 5.48 Å². The molecular weight excluding hydrogens is 226 g/mol. The summed E-state index contributed by atoms with van der Waals surface area (Å²) in [5.41, 5.74) is 1.21. The van der Waals surface area contributed by atoms with E-state index in [2.05, 4.69) is 24.8 Å². The molecule has 0 aromatic heterocycles. The Morgan fingerprint density at radius 3 is 2.14 bits per heavy atom. The second kappa shape index (κ2) is 10.1. The molecule has 1 nitrogen and oxygen atoms in total. The molecule has 1 rings (SSSR count). The second-order valence-corrected chi connectivity index (χ2v) is 2.39. The first kappa shape index (κ1) is 15.5. The van der Waals surface area contributed by atoms with Crippen molar-refractivity contribution in [1.82, 2.24) is 0 Å². The molecule has 0 aliphatic carbocycles. The molecule has 0 N–H and O–H groups in total. The van der Waals surface area contributed by atoms with Gasteiger partial charge in [0.2, 0.25) is 0 Å². The maximum absolute atomic E-state index is 3.58. The zero-order chi connectivity index (χ0) is 8.65. The summed E-state index contributed by atoms with van der Waals surface area (Å²) in [5, 5.41) is 0. The van der Waals surface area contributed by atoms with E-state index in [9.17, 15) is 0 Å². The van der Waals surface area contributed by atoms with Gasteiger partial charge in [-0.1, -0.05) is 67.3 Å². The molecular formula is C12H12OZn. The van der Waals surface area contributed by atoms with E-state index in [1.54, 1.807) is 6.08 Å². The molecule has 0 saturated heterocycles. The Balaban J connectivity index is 0. The van der Waals surface area contributed by atoms with E-state index in [4.69, 9.17) is 0 Å². The maximum Gasteiger partial charge on any atom is 2.00 e. The third-order valence-corrected chi connectivity index (χ3v) is 1.45. The molecule has 1 aromatic rings. The fourth-order valence-corrected chi connectivity index (χ4v) is 0.874. The van der Waals surface area contributed by atoms with Gasteiger partial charge in [0.1, 0.15) is 0 Å². The van der Waals surface area contributed by atoms with E-state index in [-0.39, 0.29) is 25.0 Å². The molecule has 0 unspecified atom stereocenters. The molecule has 0 atom stereocenters. The standard InChI is InChI=1S/C12H12.O.Zn/c1-2-3-4-6-9-12-10-7-5-8-11-12;;/h2-11H,1H2;;/q;-2;+2. The van der Waals surface area contributed by atoms with Gasteiger partial charge in [-0.15, -0.1) is 0 Å². The summed E-state index contributed by atoms with van der Waals surface area (Å²) in [6.45, 7) is 3.58. The van der Waals surface area contributed by atoms with Crippen LogP contribution < -0.4 is 0 Å². The monoisotopic (exact) mass is 236 g/mol. The summed E-state index contributed by atoms with van der Waals surface area (Å²) in [6, 6.07) is 10.2. The van der Waals surface area contributed by atoms with Crippen molar-refractivity contribution < 1.29 is 25.0 Å². The fraction of sp³-hybridized carbons (Fsp3) is 0. The Kier molecular flexibility index (Phi) is 11.2. The Hall–Kier alpha value is -0.977. The van der Waals surface area contributed by atoms with Crippen LogP contribution in [0.2, 0.25) is 0 Å². The largest absolute Gasteiger partial charge is 2.00 e. The predicted molar refractivity (Wildman–Crippen MR) is 55.5 cm³/mol. The van der Waals surface area contributed by atoms with Crippen LogP contribution >= 0.6 is 0 Å². The van der Waals surface area contributed by atoms with Crippen LogP contribution in [-0.4, -0.2) is 0 Å². The second-order valence-electron chi connectivity index (χ2n) is 2.39. The van der Waals surface area contributed by atoms with Crippen LogP contribution in [0.4, 0.5) is 0 Å². The van der Waals surface area contributed by atoms with Crippen molar-refractivity contribution in [3.8, 4) is 0 Å². The van der Waals surface area contributed by atoms with Crippen molar-refractivity contribution >= 4 is 6.08 Å². The first-order valence-electron chi connectivity index (χ1n) is 3.94. The van der Waals surface area contributed by atoms with E-state index in [0.717, 1.165) is 0 Å². The Labute approximate surface area is 97.9 Å². The number of hydrogen-bond donors (Lipinski definition) is 0. The SMILES string of the molecule is C=CC=CC=Cc1ccccc1.[O-2].[Zn+2]. The third-order valence-electron chi connectivity index (χ3n) is 1.45. The molecule has 0 amide bonds. The molecule has 0 spiro atoms. The number of allylic oxidation sites excluding steroid dienone is 4. The summed E-state index contributed by atoms with van der Waals surface area (Å²) in [5.74, 6) is 0. The normalized spacial score (nSPS) is 9.43. The van der Waals surface area contributed by atoms with Gasteiger partial charge in [-0.3, -0.25) is 0 Å². The summed E-state index contributed by atoms with van der Waals surface area (Å²) >= 11 is 0. The van der Waals surface area contributed by atoms with Crippen molar-refractivity contribution in [2.24, 2.45) is 0 Å². The zero-order valence-electron chi connectivity index (χ0n) is 8.10. The number of rotatable bonds is 3. The predicted octanol–water partition coefficient (Wildman–Crippen LogP) is 3.32. The van der Waals surface area contributed by atoms with Gasteiger partial charge in [-0.2, -0.15) is 0 Å². The van der Waals surface area contributed by atoms with E-state index in [0.29, 0.717) is 0 Å². The van der Waals surface area contributed by atoms with Crippen LogP contribution in [0.1, 0.15) is 5.56 Å². The van der Waals surface area contributed by atoms with Gasteiger partial charge in [0.05, 0.1) is 0 Å². The molecule has 0 radical (unpaired) electrons. The minimum absolute atomic E-state index is 0. The van der Waals surface area contributed by atoms with Gasteiger partial charge in [-0.25, -0.2) is 0 Å². The molecule has 14 heavy (non-hydrogen) atoms. The molecule has 0 bridgehead atoms. The van der Waals surface area contributed by atoms with Crippen molar-refractivity contribution in [1.29, 1.82) is 0 Å². The zero-order valence-corrected chi connectivity index (χ0v) is 11.1. The Bertz CT molecular complexity index is 288. The third kappa shape index (κ3) is 6.53. The van der Waals surface area contributed by atoms with Crippen LogP contribution in [0.3, 0.4) is 0 Å². The van der Waals surface area contributed by atoms with Gasteiger partial charge >= 0.3 is 19.5 Å². The molecule has 0 aliphatic heterocycles. The van der Waals surface area contributed by atoms with E-state index in [1.807, 2.05) is 36.4 Å². The number of hydrogen-bond acceptors (Lipinski definition) is 0. The van der Waals surface area contributed by atoms with E-state index in [1.165, 1.54) is 5.56 Å². The minimum Gasteiger partial charge on any atom is -2.00 e. The smallest absolute Gasteiger partial charge is 2.00 e. The quantitative estimate of drug-likeness (QED) is 0.570. The minimum atomic E-state index is 0. The average Bonchev–Trinajstić information content (AvgIpc) is 2.14. The summed E-state index contributed by atoms with van der Waals surface area (Å²) in [4.78, 5) is 0. The van der Waals surface area contributed by atoms with E-state index >= 15 is 0 Å². The molecule has 0 saturated carbocycles. The molecule has 0 aliphatic rings. The fourth-order valence-electron chi connectivity index (χ4n) is 0.874.